The fraction of sp³-hybridized carbons (Fsp3) is 0.360. The SMILES string of the molecule is CCCCC[C@@H](C(=O)NCNC(=O)c1ccc(-c2cc(OCC)cc(P(=O)(OCc3ccccc3)OCc3ccccc3)c2)o1)[C@@H](CC)N(C=O)OC(=O)c1ccc(C)cc1C(C)C. The van der Waals surface area contributed by atoms with Gasteiger partial charge in [0.05, 0.1) is 49.3 Å². The fourth-order valence-electron chi connectivity index (χ4n) is 7.24. The predicted octanol–water partition coefficient (Wildman–Crippen LogP) is 10.0. The molecule has 0 aliphatic rings. The Morgan fingerprint density at radius 2 is 1.48 bits per heavy atom. The van der Waals surface area contributed by atoms with E-state index in [0.717, 1.165) is 40.2 Å². The van der Waals surface area contributed by atoms with Gasteiger partial charge in [0.25, 0.3) is 5.91 Å². The molecule has 0 saturated heterocycles. The number of unbranched alkanes of at least 4 members (excludes halogenated alkanes) is 2. The lowest BCUT2D eigenvalue weighted by molar-refractivity contribution is -0.171. The van der Waals surface area contributed by atoms with Gasteiger partial charge in [-0.3, -0.25) is 18.9 Å². The van der Waals surface area contributed by atoms with Crippen molar-refractivity contribution >= 4 is 37.1 Å². The van der Waals surface area contributed by atoms with E-state index >= 15 is 0 Å². The molecular formula is C50H60N3O10P. The molecule has 3 amide bonds. The van der Waals surface area contributed by atoms with E-state index in [0.29, 0.717) is 49.2 Å². The minimum absolute atomic E-state index is 0.0251. The number of nitrogens with one attached hydrogen (secondary N) is 2. The van der Waals surface area contributed by atoms with Crippen molar-refractivity contribution in [1.82, 2.24) is 15.7 Å². The minimum atomic E-state index is -3.99. The average Bonchev–Trinajstić information content (AvgIpc) is 3.81. The Kier molecular flexibility index (Phi) is 18.5. The van der Waals surface area contributed by atoms with E-state index in [4.69, 9.17) is 23.0 Å². The van der Waals surface area contributed by atoms with Gasteiger partial charge in [-0.15, -0.1) is 0 Å². The first-order valence-corrected chi connectivity index (χ1v) is 23.4. The first-order valence-electron chi connectivity index (χ1n) is 21.9. The van der Waals surface area contributed by atoms with Crippen molar-refractivity contribution in [2.75, 3.05) is 13.3 Å². The topological polar surface area (TPSA) is 163 Å². The number of benzene rings is 4. The highest BCUT2D eigenvalue weighted by Crippen LogP contribution is 2.50. The zero-order valence-electron chi connectivity index (χ0n) is 37.5. The van der Waals surface area contributed by atoms with E-state index in [9.17, 15) is 23.7 Å². The van der Waals surface area contributed by atoms with E-state index in [-0.39, 0.29) is 42.6 Å². The summed E-state index contributed by atoms with van der Waals surface area (Å²) in [6, 6.07) is 31.4. The molecule has 340 valence electrons. The molecule has 0 radical (unpaired) electrons. The number of ether oxygens (including phenoxy) is 1. The second-order valence-corrected chi connectivity index (χ2v) is 17.7. The Bertz CT molecular complexity index is 2300. The molecule has 0 aliphatic heterocycles. The molecule has 13 nitrogen and oxygen atoms in total. The zero-order valence-corrected chi connectivity index (χ0v) is 38.4. The first kappa shape index (κ1) is 49.0. The molecule has 2 atom stereocenters. The molecule has 1 heterocycles. The summed E-state index contributed by atoms with van der Waals surface area (Å²) in [4.78, 5) is 58.8. The van der Waals surface area contributed by atoms with Gasteiger partial charge in [0.15, 0.2) is 5.76 Å². The van der Waals surface area contributed by atoms with Gasteiger partial charge in [-0.1, -0.05) is 125 Å². The number of carbonyl (C=O) groups excluding carboxylic acids is 4. The van der Waals surface area contributed by atoms with Crippen molar-refractivity contribution in [3.63, 3.8) is 0 Å². The van der Waals surface area contributed by atoms with Crippen molar-refractivity contribution in [2.45, 2.75) is 98.8 Å². The normalized spacial score (nSPS) is 12.3. The Balaban J connectivity index is 1.30. The Morgan fingerprint density at radius 3 is 2.08 bits per heavy atom. The summed E-state index contributed by atoms with van der Waals surface area (Å²) in [5.74, 6) is -1.79. The van der Waals surface area contributed by atoms with Crippen LogP contribution in [0.2, 0.25) is 0 Å². The predicted molar refractivity (Wildman–Crippen MR) is 246 cm³/mol. The van der Waals surface area contributed by atoms with Crippen molar-refractivity contribution in [3.05, 3.63) is 143 Å². The summed E-state index contributed by atoms with van der Waals surface area (Å²) in [5.41, 5.74) is 4.22. The van der Waals surface area contributed by atoms with E-state index < -0.39 is 37.3 Å². The van der Waals surface area contributed by atoms with Gasteiger partial charge >= 0.3 is 13.6 Å². The number of hydrogen-bond acceptors (Lipinski definition) is 10. The van der Waals surface area contributed by atoms with Crippen LogP contribution in [-0.2, 0) is 41.3 Å². The number of aryl methyl sites for hydroxylation is 1. The van der Waals surface area contributed by atoms with Gasteiger partial charge in [-0.05, 0) is 85.7 Å². The Hall–Kier alpha value is -6.01. The van der Waals surface area contributed by atoms with Gasteiger partial charge in [0.1, 0.15) is 11.5 Å². The quantitative estimate of drug-likeness (QED) is 0.0190. The van der Waals surface area contributed by atoms with Crippen molar-refractivity contribution in [3.8, 4) is 17.1 Å². The summed E-state index contributed by atoms with van der Waals surface area (Å²) >= 11 is 0. The van der Waals surface area contributed by atoms with Crippen molar-refractivity contribution in [1.29, 1.82) is 0 Å². The third-order valence-corrected chi connectivity index (χ3v) is 12.5. The molecule has 0 saturated carbocycles. The number of rotatable bonds is 25. The standard InChI is InChI=1S/C50H60N3O10P/c1-7-10-13-22-43(45(8-2)53(34-54)63-50(57)42-24-23-36(6)27-44(42)35(4)5)48(55)51-33-52-49(56)47-26-25-46(62-47)39-28-40(59-9-3)30-41(29-39)64(58,60-31-37-18-14-11-15-19-37)61-32-38-20-16-12-17-21-38/h11-12,14-21,23-30,34-35,43,45H,7-10,13,22,31-33H2,1-6H3,(H,51,55)(H,52,56)/t43-,45-/m1/s1. The van der Waals surface area contributed by atoms with Gasteiger partial charge in [-0.25, -0.2) is 4.79 Å². The summed E-state index contributed by atoms with van der Waals surface area (Å²) in [6.45, 7) is 11.7. The summed E-state index contributed by atoms with van der Waals surface area (Å²) in [6.07, 6.45) is 3.64. The molecule has 4 aromatic carbocycles. The highest BCUT2D eigenvalue weighted by atomic mass is 31.2. The molecule has 0 unspecified atom stereocenters. The van der Waals surface area contributed by atoms with Crippen LogP contribution in [0.5, 0.6) is 5.75 Å². The molecule has 0 fully saturated rings. The Labute approximate surface area is 376 Å². The first-order chi connectivity index (χ1) is 30.9. The highest BCUT2D eigenvalue weighted by molar-refractivity contribution is 7.62. The van der Waals surface area contributed by atoms with Gasteiger partial charge in [-0.2, -0.15) is 5.06 Å². The number of amides is 3. The number of hydroxylamine groups is 2. The maximum atomic E-state index is 14.7. The molecule has 0 bridgehead atoms. The third kappa shape index (κ3) is 13.5. The van der Waals surface area contributed by atoms with Crippen molar-refractivity contribution < 1.29 is 46.8 Å². The monoisotopic (exact) mass is 893 g/mol. The van der Waals surface area contributed by atoms with Crippen LogP contribution in [0.3, 0.4) is 0 Å². The second kappa shape index (κ2) is 24.2. The second-order valence-electron chi connectivity index (χ2n) is 15.7. The molecule has 5 aromatic rings. The summed E-state index contributed by atoms with van der Waals surface area (Å²) in [5, 5.41) is 6.65. The largest absolute Gasteiger partial charge is 0.494 e. The lowest BCUT2D eigenvalue weighted by atomic mass is 9.90. The fourth-order valence-corrected chi connectivity index (χ4v) is 8.84. The van der Waals surface area contributed by atoms with Crippen molar-refractivity contribution in [2.24, 2.45) is 5.92 Å². The number of nitrogens with zero attached hydrogens (tertiary/aromatic N) is 1. The van der Waals surface area contributed by atoms with Crippen LogP contribution in [0.1, 0.15) is 116 Å². The smallest absolute Gasteiger partial charge is 0.363 e. The lowest BCUT2D eigenvalue weighted by Gasteiger charge is -2.32. The molecular weight excluding hydrogens is 834 g/mol. The lowest BCUT2D eigenvalue weighted by Crippen LogP contribution is -2.49. The number of hydrogen-bond donors (Lipinski definition) is 2. The van der Waals surface area contributed by atoms with E-state index in [1.165, 1.54) is 6.07 Å². The minimum Gasteiger partial charge on any atom is -0.494 e. The summed E-state index contributed by atoms with van der Waals surface area (Å²) in [7, 11) is -3.99. The number of furan rings is 1. The molecule has 2 N–H and O–H groups in total. The average molecular weight is 894 g/mol. The van der Waals surface area contributed by atoms with Gasteiger partial charge in [0, 0.05) is 5.56 Å². The number of carbonyl (C=O) groups is 4. The zero-order chi connectivity index (χ0) is 46.1. The van der Waals surface area contributed by atoms with Crippen LogP contribution in [0.4, 0.5) is 0 Å². The molecule has 64 heavy (non-hydrogen) atoms. The maximum absolute atomic E-state index is 14.7. The van der Waals surface area contributed by atoms with E-state index in [1.807, 2.05) is 114 Å². The van der Waals surface area contributed by atoms with Gasteiger partial charge in [0.2, 0.25) is 12.3 Å². The molecule has 1 aromatic heterocycles. The molecule has 14 heteroatoms. The summed E-state index contributed by atoms with van der Waals surface area (Å²) < 4.78 is 38.8. The maximum Gasteiger partial charge on any atom is 0.363 e. The van der Waals surface area contributed by atoms with E-state index in [1.54, 1.807) is 30.3 Å². The third-order valence-electron chi connectivity index (χ3n) is 10.6. The molecule has 0 spiro atoms. The van der Waals surface area contributed by atoms with Crippen LogP contribution < -0.4 is 20.7 Å². The molecule has 5 rings (SSSR count). The van der Waals surface area contributed by atoms with Crippen LogP contribution >= 0.6 is 7.60 Å². The Morgan fingerprint density at radius 1 is 0.812 bits per heavy atom. The highest BCUT2D eigenvalue weighted by Gasteiger charge is 2.34. The van der Waals surface area contributed by atoms with Crippen LogP contribution in [0.25, 0.3) is 11.3 Å². The van der Waals surface area contributed by atoms with Crippen LogP contribution in [0, 0.1) is 12.8 Å². The van der Waals surface area contributed by atoms with Gasteiger partial charge < -0.3 is 33.7 Å². The van der Waals surface area contributed by atoms with E-state index in [2.05, 4.69) is 10.6 Å². The van der Waals surface area contributed by atoms with Crippen LogP contribution in [-0.4, -0.2) is 48.6 Å². The molecule has 0 aliphatic carbocycles. The van der Waals surface area contributed by atoms with Crippen LogP contribution in [0.15, 0.2) is 114 Å².